The number of carbonyl (C=O) groups is 2. The van der Waals surface area contributed by atoms with Gasteiger partial charge in [-0.2, -0.15) is 0 Å². The zero-order valence-corrected chi connectivity index (χ0v) is 12.1. The number of hydrogen-bond donors (Lipinski definition) is 0. The first-order valence-electron chi connectivity index (χ1n) is 5.95. The summed E-state index contributed by atoms with van der Waals surface area (Å²) in [5, 5.41) is 0. The molecule has 0 aliphatic heterocycles. The highest BCUT2D eigenvalue weighted by atomic mass is 16.6. The van der Waals surface area contributed by atoms with Crippen LogP contribution in [0.5, 0.6) is 0 Å². The molecular formula is C13H23NO4. The first-order chi connectivity index (χ1) is 8.17. The zero-order valence-electron chi connectivity index (χ0n) is 12.1. The number of ether oxygens (including phenoxy) is 2. The zero-order chi connectivity index (χ0) is 14.4. The van der Waals surface area contributed by atoms with Gasteiger partial charge >= 0.3 is 11.9 Å². The Morgan fingerprint density at radius 2 is 1.67 bits per heavy atom. The molecule has 5 nitrogen and oxygen atoms in total. The first-order valence-corrected chi connectivity index (χ1v) is 5.95. The smallest absolute Gasteiger partial charge is 0.320 e. The third kappa shape index (κ3) is 4.85. The third-order valence-electron chi connectivity index (χ3n) is 2.27. The molecule has 0 fully saturated rings. The second-order valence-electron chi connectivity index (χ2n) is 5.35. The minimum atomic E-state index is -1.04. The van der Waals surface area contributed by atoms with Crippen LogP contribution in [0.3, 0.4) is 0 Å². The predicted octanol–water partition coefficient (Wildman–Crippen LogP) is 1.85. The summed E-state index contributed by atoms with van der Waals surface area (Å²) in [6.07, 6.45) is 1.45. The second kappa shape index (κ2) is 6.52. The Kier molecular flexibility index (Phi) is 6.01. The largest absolute Gasteiger partial charge is 0.465 e. The Morgan fingerprint density at radius 3 is 2.06 bits per heavy atom. The number of rotatable bonds is 5. The molecule has 0 heterocycles. The summed E-state index contributed by atoms with van der Waals surface area (Å²) in [6, 6.07) is 0. The van der Waals surface area contributed by atoms with Crippen LogP contribution >= 0.6 is 0 Å². The molecule has 0 rings (SSSR count). The van der Waals surface area contributed by atoms with Crippen molar-refractivity contribution >= 4 is 18.2 Å². The molecule has 0 radical (unpaired) electrons. The molecule has 0 aliphatic carbocycles. The molecule has 0 spiro atoms. The maximum Gasteiger partial charge on any atom is 0.320 e. The lowest BCUT2D eigenvalue weighted by molar-refractivity contribution is -0.161. The van der Waals surface area contributed by atoms with Gasteiger partial charge in [-0.25, -0.2) is 0 Å². The third-order valence-corrected chi connectivity index (χ3v) is 2.27. The molecule has 1 atom stereocenters. The molecule has 0 aromatic rings. The molecule has 0 aromatic heterocycles. The van der Waals surface area contributed by atoms with E-state index in [0.29, 0.717) is 0 Å². The Labute approximate surface area is 109 Å². The second-order valence-corrected chi connectivity index (χ2v) is 5.35. The lowest BCUT2D eigenvalue weighted by atomic mass is 9.93. The van der Waals surface area contributed by atoms with Crippen LogP contribution in [0.25, 0.3) is 0 Å². The van der Waals surface area contributed by atoms with Crippen molar-refractivity contribution in [3.05, 3.63) is 0 Å². The van der Waals surface area contributed by atoms with Gasteiger partial charge in [-0.1, -0.05) is 0 Å². The van der Waals surface area contributed by atoms with Gasteiger partial charge in [0.2, 0.25) is 0 Å². The van der Waals surface area contributed by atoms with Crippen LogP contribution < -0.4 is 0 Å². The molecule has 0 bridgehead atoms. The van der Waals surface area contributed by atoms with Gasteiger partial charge in [-0.15, -0.1) is 0 Å². The molecular weight excluding hydrogens is 234 g/mol. The lowest BCUT2D eigenvalue weighted by Crippen LogP contribution is -2.38. The molecule has 104 valence electrons. The quantitative estimate of drug-likeness (QED) is 0.557. The molecule has 0 amide bonds. The fourth-order valence-corrected chi connectivity index (χ4v) is 1.16. The molecule has 0 saturated carbocycles. The van der Waals surface area contributed by atoms with Gasteiger partial charge in [0.05, 0.1) is 12.0 Å². The van der Waals surface area contributed by atoms with E-state index in [-0.39, 0.29) is 19.2 Å². The van der Waals surface area contributed by atoms with Gasteiger partial charge in [0, 0.05) is 13.3 Å². The molecule has 1 unspecified atom stereocenters. The van der Waals surface area contributed by atoms with Crippen molar-refractivity contribution in [2.24, 2.45) is 15.8 Å². The fraction of sp³-hybridized carbons (Fsp3) is 0.769. The van der Waals surface area contributed by atoms with Crippen LogP contribution in [0.2, 0.25) is 0 Å². The minimum Gasteiger partial charge on any atom is -0.465 e. The van der Waals surface area contributed by atoms with Gasteiger partial charge < -0.3 is 9.47 Å². The van der Waals surface area contributed by atoms with Crippen molar-refractivity contribution in [2.45, 2.75) is 34.6 Å². The SMILES string of the molecule is CCOC(=O)C(C)(C=NC)COC(=O)C(C)(C)C. The molecule has 0 aromatic carbocycles. The standard InChI is InChI=1S/C13H23NO4/c1-7-17-11(16)13(5,8-14-6)9-18-10(15)12(2,3)4/h8H,7,9H2,1-6H3. The van der Waals surface area contributed by atoms with Crippen molar-refractivity contribution in [3.8, 4) is 0 Å². The number of esters is 2. The summed E-state index contributed by atoms with van der Waals surface area (Å²) in [4.78, 5) is 27.3. The van der Waals surface area contributed by atoms with Gasteiger partial charge in [0.25, 0.3) is 0 Å². The molecule has 0 aliphatic rings. The average molecular weight is 257 g/mol. The topological polar surface area (TPSA) is 65.0 Å². The number of hydrogen-bond acceptors (Lipinski definition) is 5. The number of aliphatic imine (C=N–C) groups is 1. The molecule has 5 heteroatoms. The Morgan fingerprint density at radius 1 is 1.11 bits per heavy atom. The van der Waals surface area contributed by atoms with Gasteiger partial charge in [0.1, 0.15) is 12.0 Å². The predicted molar refractivity (Wildman–Crippen MR) is 69.6 cm³/mol. The van der Waals surface area contributed by atoms with E-state index in [2.05, 4.69) is 4.99 Å². The summed E-state index contributed by atoms with van der Waals surface area (Å²) in [5.41, 5.74) is -1.63. The minimum absolute atomic E-state index is 0.0702. The summed E-state index contributed by atoms with van der Waals surface area (Å²) < 4.78 is 10.1. The van der Waals surface area contributed by atoms with E-state index in [4.69, 9.17) is 9.47 Å². The highest BCUT2D eigenvalue weighted by molar-refractivity contribution is 5.95. The van der Waals surface area contributed by atoms with E-state index in [1.165, 1.54) is 6.21 Å². The Bertz CT molecular complexity index is 330. The van der Waals surface area contributed by atoms with E-state index in [0.717, 1.165) is 0 Å². The molecule has 0 N–H and O–H groups in total. The van der Waals surface area contributed by atoms with Crippen LogP contribution in [-0.4, -0.2) is 38.4 Å². The Balaban J connectivity index is 4.74. The van der Waals surface area contributed by atoms with Crippen molar-refractivity contribution in [2.75, 3.05) is 20.3 Å². The van der Waals surface area contributed by atoms with E-state index < -0.39 is 16.8 Å². The molecule has 18 heavy (non-hydrogen) atoms. The van der Waals surface area contributed by atoms with Crippen LogP contribution in [0.15, 0.2) is 4.99 Å². The Hall–Kier alpha value is -1.39. The van der Waals surface area contributed by atoms with Crippen molar-refractivity contribution in [3.63, 3.8) is 0 Å². The van der Waals surface area contributed by atoms with Crippen molar-refractivity contribution < 1.29 is 19.1 Å². The normalized spacial score (nSPS) is 15.2. The number of nitrogens with zero attached hydrogens (tertiary/aromatic N) is 1. The highest BCUT2D eigenvalue weighted by Crippen LogP contribution is 2.21. The van der Waals surface area contributed by atoms with Gasteiger partial charge in [0.15, 0.2) is 0 Å². The number of carbonyl (C=O) groups excluding carboxylic acids is 2. The molecule has 0 saturated heterocycles. The fourth-order valence-electron chi connectivity index (χ4n) is 1.16. The van der Waals surface area contributed by atoms with E-state index in [1.54, 1.807) is 41.7 Å². The van der Waals surface area contributed by atoms with Crippen molar-refractivity contribution in [1.29, 1.82) is 0 Å². The first kappa shape index (κ1) is 16.6. The monoisotopic (exact) mass is 257 g/mol. The van der Waals surface area contributed by atoms with Gasteiger partial charge in [-0.3, -0.25) is 14.6 Å². The van der Waals surface area contributed by atoms with E-state index in [1.807, 2.05) is 0 Å². The van der Waals surface area contributed by atoms with Crippen LogP contribution in [0.1, 0.15) is 34.6 Å². The average Bonchev–Trinajstić information content (AvgIpc) is 2.25. The maximum atomic E-state index is 11.8. The van der Waals surface area contributed by atoms with E-state index in [9.17, 15) is 9.59 Å². The van der Waals surface area contributed by atoms with Crippen molar-refractivity contribution in [1.82, 2.24) is 0 Å². The van der Waals surface area contributed by atoms with Crippen LogP contribution in [-0.2, 0) is 19.1 Å². The summed E-state index contributed by atoms with van der Waals surface area (Å²) in [6.45, 7) is 8.83. The maximum absolute atomic E-state index is 11.8. The summed E-state index contributed by atoms with van der Waals surface area (Å²) in [5.74, 6) is -0.806. The van der Waals surface area contributed by atoms with Crippen LogP contribution in [0, 0.1) is 10.8 Å². The van der Waals surface area contributed by atoms with E-state index >= 15 is 0 Å². The summed E-state index contributed by atoms with van der Waals surface area (Å²) in [7, 11) is 1.56. The summed E-state index contributed by atoms with van der Waals surface area (Å²) >= 11 is 0. The van der Waals surface area contributed by atoms with Crippen LogP contribution in [0.4, 0.5) is 0 Å². The van der Waals surface area contributed by atoms with Gasteiger partial charge in [-0.05, 0) is 34.6 Å². The lowest BCUT2D eigenvalue weighted by Gasteiger charge is -2.24. The highest BCUT2D eigenvalue weighted by Gasteiger charge is 2.36.